The largest absolute Gasteiger partial charge is 0.479 e. The van der Waals surface area contributed by atoms with Crippen LogP contribution in [0.5, 0.6) is 0 Å². The maximum atomic E-state index is 12.4. The number of carboxylic acid groups (broad SMARTS) is 1. The van der Waals surface area contributed by atoms with Gasteiger partial charge in [-0.1, -0.05) is 30.3 Å². The van der Waals surface area contributed by atoms with Gasteiger partial charge in [0.15, 0.2) is 6.04 Å². The molecule has 0 unspecified atom stereocenters. The molecule has 5 heteroatoms. The third-order valence-electron chi connectivity index (χ3n) is 4.51. The number of carbonyl (C=O) groups excluding carboxylic acids is 1. The summed E-state index contributed by atoms with van der Waals surface area (Å²) >= 11 is 0. The van der Waals surface area contributed by atoms with Gasteiger partial charge in [0.05, 0.1) is 0 Å². The minimum absolute atomic E-state index is 0.388. The van der Waals surface area contributed by atoms with Crippen molar-refractivity contribution in [2.75, 3.05) is 18.0 Å². The number of nitrogens with one attached hydrogen (secondary N) is 1. The topological polar surface area (TPSA) is 69.6 Å². The van der Waals surface area contributed by atoms with Crippen molar-refractivity contribution in [3.63, 3.8) is 0 Å². The molecule has 25 heavy (non-hydrogen) atoms. The van der Waals surface area contributed by atoms with Crippen molar-refractivity contribution in [3.8, 4) is 0 Å². The predicted octanol–water partition coefficient (Wildman–Crippen LogP) is 3.23. The summed E-state index contributed by atoms with van der Waals surface area (Å²) in [5.41, 5.74) is 2.12. The fourth-order valence-corrected chi connectivity index (χ4v) is 3.12. The van der Waals surface area contributed by atoms with Crippen molar-refractivity contribution in [1.29, 1.82) is 0 Å². The van der Waals surface area contributed by atoms with E-state index in [9.17, 15) is 14.7 Å². The van der Waals surface area contributed by atoms with Gasteiger partial charge in [0.2, 0.25) is 0 Å². The Morgan fingerprint density at radius 3 is 2.16 bits per heavy atom. The third kappa shape index (κ3) is 4.18. The molecule has 1 amide bonds. The lowest BCUT2D eigenvalue weighted by Gasteiger charge is -2.28. The molecule has 3 rings (SSSR count). The normalized spacial score (nSPS) is 15.4. The van der Waals surface area contributed by atoms with E-state index >= 15 is 0 Å². The lowest BCUT2D eigenvalue weighted by molar-refractivity contribution is -0.139. The molecule has 2 aromatic carbocycles. The summed E-state index contributed by atoms with van der Waals surface area (Å²) in [7, 11) is 0. The molecule has 1 heterocycles. The number of anilines is 1. The second kappa shape index (κ2) is 7.83. The number of benzene rings is 2. The van der Waals surface area contributed by atoms with Crippen LogP contribution in [0.3, 0.4) is 0 Å². The Hall–Kier alpha value is -2.82. The maximum Gasteiger partial charge on any atom is 0.330 e. The van der Waals surface area contributed by atoms with E-state index < -0.39 is 12.0 Å². The highest BCUT2D eigenvalue weighted by Crippen LogP contribution is 2.21. The smallest absolute Gasteiger partial charge is 0.330 e. The van der Waals surface area contributed by atoms with E-state index in [1.165, 1.54) is 19.3 Å². The second-order valence-corrected chi connectivity index (χ2v) is 6.25. The molecule has 1 saturated heterocycles. The van der Waals surface area contributed by atoms with Crippen LogP contribution < -0.4 is 10.2 Å². The number of aliphatic carboxylic acids is 1. The summed E-state index contributed by atoms with van der Waals surface area (Å²) in [6.07, 6.45) is 3.66. The average molecular weight is 338 g/mol. The highest BCUT2D eigenvalue weighted by molar-refractivity contribution is 5.97. The molecule has 1 atom stereocenters. The van der Waals surface area contributed by atoms with E-state index in [1.54, 1.807) is 36.4 Å². The highest BCUT2D eigenvalue weighted by Gasteiger charge is 2.22. The summed E-state index contributed by atoms with van der Waals surface area (Å²) in [5.74, 6) is -1.47. The SMILES string of the molecule is O=C(N[C@H](C(=O)O)c1ccccc1)c1ccc(N2CCCCC2)cc1. The Kier molecular flexibility index (Phi) is 5.33. The van der Waals surface area contributed by atoms with Crippen LogP contribution in [0.1, 0.15) is 41.2 Å². The standard InChI is InChI=1S/C20H22N2O3/c23-19(21-18(20(24)25)15-7-3-1-4-8-15)16-9-11-17(12-10-16)22-13-5-2-6-14-22/h1,3-4,7-12,18H,2,5-6,13-14H2,(H,21,23)(H,24,25)/t18-/m0/s1. The zero-order valence-corrected chi connectivity index (χ0v) is 14.0. The van der Waals surface area contributed by atoms with Gasteiger partial charge in [0, 0.05) is 24.3 Å². The number of carbonyl (C=O) groups is 2. The Bertz CT molecular complexity index is 722. The predicted molar refractivity (Wildman–Crippen MR) is 96.8 cm³/mol. The van der Waals surface area contributed by atoms with Gasteiger partial charge >= 0.3 is 5.97 Å². The van der Waals surface area contributed by atoms with Crippen LogP contribution in [-0.2, 0) is 4.79 Å². The van der Waals surface area contributed by atoms with E-state index in [0.29, 0.717) is 11.1 Å². The van der Waals surface area contributed by atoms with E-state index in [1.807, 2.05) is 18.2 Å². The van der Waals surface area contributed by atoms with E-state index in [-0.39, 0.29) is 5.91 Å². The number of rotatable bonds is 5. The van der Waals surface area contributed by atoms with Crippen LogP contribution in [-0.4, -0.2) is 30.1 Å². The van der Waals surface area contributed by atoms with Crippen molar-refractivity contribution in [1.82, 2.24) is 5.32 Å². The van der Waals surface area contributed by atoms with Gasteiger partial charge in [-0.2, -0.15) is 0 Å². The van der Waals surface area contributed by atoms with E-state index in [2.05, 4.69) is 10.2 Å². The molecule has 0 saturated carbocycles. The van der Waals surface area contributed by atoms with E-state index in [0.717, 1.165) is 18.8 Å². The first-order chi connectivity index (χ1) is 12.1. The lowest BCUT2D eigenvalue weighted by Crippen LogP contribution is -2.33. The van der Waals surface area contributed by atoms with Crippen LogP contribution in [0.4, 0.5) is 5.69 Å². The molecule has 0 aromatic heterocycles. The summed E-state index contributed by atoms with van der Waals surface area (Å²) in [6.45, 7) is 2.08. The molecule has 2 N–H and O–H groups in total. The molecule has 0 bridgehead atoms. The van der Waals surface area contributed by atoms with Crippen molar-refractivity contribution < 1.29 is 14.7 Å². The minimum Gasteiger partial charge on any atom is -0.479 e. The molecule has 1 fully saturated rings. The summed E-state index contributed by atoms with van der Waals surface area (Å²) in [4.78, 5) is 26.3. The Balaban J connectivity index is 1.70. The Morgan fingerprint density at radius 2 is 1.56 bits per heavy atom. The molecule has 0 aliphatic carbocycles. The molecule has 2 aromatic rings. The molecular weight excluding hydrogens is 316 g/mol. The fourth-order valence-electron chi connectivity index (χ4n) is 3.12. The molecule has 0 spiro atoms. The van der Waals surface area contributed by atoms with Gasteiger partial charge in [0.1, 0.15) is 0 Å². The number of carboxylic acids is 1. The van der Waals surface area contributed by atoms with Crippen molar-refractivity contribution in [2.45, 2.75) is 25.3 Å². The fraction of sp³-hybridized carbons (Fsp3) is 0.300. The minimum atomic E-state index is -1.08. The van der Waals surface area contributed by atoms with Crippen LogP contribution in [0.2, 0.25) is 0 Å². The van der Waals surface area contributed by atoms with Gasteiger partial charge in [0.25, 0.3) is 5.91 Å². The maximum absolute atomic E-state index is 12.4. The first-order valence-corrected chi connectivity index (χ1v) is 8.59. The van der Waals surface area contributed by atoms with E-state index in [4.69, 9.17) is 0 Å². The van der Waals surface area contributed by atoms with Crippen LogP contribution in [0, 0.1) is 0 Å². The molecular formula is C20H22N2O3. The third-order valence-corrected chi connectivity index (χ3v) is 4.51. The molecule has 1 aliphatic heterocycles. The number of amides is 1. The monoisotopic (exact) mass is 338 g/mol. The molecule has 1 aliphatic rings. The van der Waals surface area contributed by atoms with Crippen LogP contribution >= 0.6 is 0 Å². The average Bonchev–Trinajstić information content (AvgIpc) is 2.67. The lowest BCUT2D eigenvalue weighted by atomic mass is 10.1. The van der Waals surface area contributed by atoms with Crippen LogP contribution in [0.25, 0.3) is 0 Å². The molecule has 5 nitrogen and oxygen atoms in total. The number of nitrogens with zero attached hydrogens (tertiary/aromatic N) is 1. The quantitative estimate of drug-likeness (QED) is 0.878. The van der Waals surface area contributed by atoms with Crippen molar-refractivity contribution in [2.24, 2.45) is 0 Å². The second-order valence-electron chi connectivity index (χ2n) is 6.25. The van der Waals surface area contributed by atoms with Crippen LogP contribution in [0.15, 0.2) is 54.6 Å². The number of piperidine rings is 1. The molecule has 0 radical (unpaired) electrons. The van der Waals surface area contributed by atoms with Gasteiger partial charge in [-0.3, -0.25) is 4.79 Å². The number of hydrogen-bond donors (Lipinski definition) is 2. The number of hydrogen-bond acceptors (Lipinski definition) is 3. The Morgan fingerprint density at radius 1 is 0.920 bits per heavy atom. The van der Waals surface area contributed by atoms with Gasteiger partial charge < -0.3 is 15.3 Å². The summed E-state index contributed by atoms with van der Waals surface area (Å²) in [6, 6.07) is 15.0. The van der Waals surface area contributed by atoms with Gasteiger partial charge in [-0.25, -0.2) is 4.79 Å². The summed E-state index contributed by atoms with van der Waals surface area (Å²) < 4.78 is 0. The van der Waals surface area contributed by atoms with Gasteiger partial charge in [-0.15, -0.1) is 0 Å². The van der Waals surface area contributed by atoms with Crippen molar-refractivity contribution in [3.05, 3.63) is 65.7 Å². The molecule has 130 valence electrons. The first kappa shape index (κ1) is 17.0. The Labute approximate surface area is 147 Å². The zero-order chi connectivity index (χ0) is 17.6. The zero-order valence-electron chi connectivity index (χ0n) is 14.0. The first-order valence-electron chi connectivity index (χ1n) is 8.59. The van der Waals surface area contributed by atoms with Crippen molar-refractivity contribution >= 4 is 17.6 Å². The highest BCUT2D eigenvalue weighted by atomic mass is 16.4. The summed E-state index contributed by atoms with van der Waals surface area (Å²) in [5, 5.41) is 12.0. The van der Waals surface area contributed by atoms with Gasteiger partial charge in [-0.05, 0) is 49.1 Å².